The summed E-state index contributed by atoms with van der Waals surface area (Å²) in [5.74, 6) is 1.45. The maximum Gasteiger partial charge on any atom is 0.146 e. The smallest absolute Gasteiger partial charge is 0.146 e. The number of hydrogen-bond acceptors (Lipinski definition) is 5. The molecule has 1 atom stereocenters. The molecule has 0 aliphatic carbocycles. The lowest BCUT2D eigenvalue weighted by Crippen LogP contribution is -2.47. The fourth-order valence-corrected chi connectivity index (χ4v) is 3.10. The molecular formula is C16H23NO4. The molecule has 2 aliphatic rings. The first-order valence-corrected chi connectivity index (χ1v) is 7.53. The van der Waals surface area contributed by atoms with Crippen LogP contribution in [0.3, 0.4) is 0 Å². The molecule has 1 aromatic rings. The van der Waals surface area contributed by atoms with Gasteiger partial charge in [-0.05, 0) is 25.0 Å². The monoisotopic (exact) mass is 293 g/mol. The standard InChI is InChI=1S/C16H23NO4/c1-18-12-2-3-14(17)15(10-12)21-13-4-7-20-16(11-13)5-8-19-9-6-16/h2-3,10,13H,4-9,11,17H2,1H3. The number of benzene rings is 1. The van der Waals surface area contributed by atoms with Crippen molar-refractivity contribution in [3.63, 3.8) is 0 Å². The Balaban J connectivity index is 1.69. The fourth-order valence-electron chi connectivity index (χ4n) is 3.10. The molecule has 0 radical (unpaired) electrons. The van der Waals surface area contributed by atoms with Gasteiger partial charge in [-0.2, -0.15) is 0 Å². The number of anilines is 1. The third kappa shape index (κ3) is 3.24. The summed E-state index contributed by atoms with van der Waals surface area (Å²) in [6, 6.07) is 5.51. The largest absolute Gasteiger partial charge is 0.497 e. The zero-order valence-corrected chi connectivity index (χ0v) is 12.5. The van der Waals surface area contributed by atoms with Gasteiger partial charge in [-0.1, -0.05) is 0 Å². The second kappa shape index (κ2) is 6.12. The number of hydrogen-bond donors (Lipinski definition) is 1. The van der Waals surface area contributed by atoms with E-state index in [9.17, 15) is 0 Å². The summed E-state index contributed by atoms with van der Waals surface area (Å²) in [5, 5.41) is 0. The highest BCUT2D eigenvalue weighted by Gasteiger charge is 2.40. The van der Waals surface area contributed by atoms with Crippen LogP contribution in [0.2, 0.25) is 0 Å². The second-order valence-electron chi connectivity index (χ2n) is 5.78. The Labute approximate surface area is 125 Å². The molecule has 2 heterocycles. The van der Waals surface area contributed by atoms with Gasteiger partial charge in [-0.25, -0.2) is 0 Å². The number of nitrogen functional groups attached to an aromatic ring is 1. The lowest BCUT2D eigenvalue weighted by Gasteiger charge is -2.43. The SMILES string of the molecule is COc1ccc(N)c(OC2CCOC3(CCOCC3)C2)c1. The van der Waals surface area contributed by atoms with Crippen LogP contribution in [0.25, 0.3) is 0 Å². The van der Waals surface area contributed by atoms with Crippen molar-refractivity contribution in [2.24, 2.45) is 0 Å². The van der Waals surface area contributed by atoms with Crippen molar-refractivity contribution in [2.45, 2.75) is 37.4 Å². The number of nitrogens with two attached hydrogens (primary N) is 1. The summed E-state index contributed by atoms with van der Waals surface area (Å²) >= 11 is 0. The van der Waals surface area contributed by atoms with E-state index in [0.717, 1.165) is 51.3 Å². The fraction of sp³-hybridized carbons (Fsp3) is 0.625. The molecular weight excluding hydrogens is 270 g/mol. The van der Waals surface area contributed by atoms with Gasteiger partial charge in [0.25, 0.3) is 0 Å². The first-order chi connectivity index (χ1) is 10.2. The second-order valence-corrected chi connectivity index (χ2v) is 5.78. The zero-order chi connectivity index (χ0) is 14.7. The molecule has 0 aromatic heterocycles. The summed E-state index contributed by atoms with van der Waals surface area (Å²) in [6.07, 6.45) is 3.80. The minimum absolute atomic E-state index is 0.0746. The zero-order valence-electron chi connectivity index (χ0n) is 12.5. The van der Waals surface area contributed by atoms with Crippen LogP contribution in [0.4, 0.5) is 5.69 Å². The summed E-state index contributed by atoms with van der Waals surface area (Å²) in [5.41, 5.74) is 6.57. The Kier molecular flexibility index (Phi) is 4.22. The van der Waals surface area contributed by atoms with Crippen LogP contribution < -0.4 is 15.2 Å². The third-order valence-electron chi connectivity index (χ3n) is 4.37. The van der Waals surface area contributed by atoms with Crippen LogP contribution in [0.1, 0.15) is 25.7 Å². The Morgan fingerprint density at radius 3 is 2.81 bits per heavy atom. The Bertz CT molecular complexity index is 480. The first-order valence-electron chi connectivity index (χ1n) is 7.53. The molecule has 5 nitrogen and oxygen atoms in total. The number of ether oxygens (including phenoxy) is 4. The average Bonchev–Trinajstić information content (AvgIpc) is 2.50. The molecule has 5 heteroatoms. The lowest BCUT2D eigenvalue weighted by molar-refractivity contribution is -0.155. The van der Waals surface area contributed by atoms with Crippen LogP contribution >= 0.6 is 0 Å². The van der Waals surface area contributed by atoms with Crippen molar-refractivity contribution in [3.8, 4) is 11.5 Å². The average molecular weight is 293 g/mol. The number of rotatable bonds is 3. The molecule has 3 rings (SSSR count). The van der Waals surface area contributed by atoms with E-state index in [1.165, 1.54) is 0 Å². The van der Waals surface area contributed by atoms with Crippen LogP contribution in [0.15, 0.2) is 18.2 Å². The van der Waals surface area contributed by atoms with Crippen molar-refractivity contribution in [2.75, 3.05) is 32.7 Å². The van der Waals surface area contributed by atoms with E-state index >= 15 is 0 Å². The molecule has 2 fully saturated rings. The van der Waals surface area contributed by atoms with E-state index in [1.807, 2.05) is 18.2 Å². The van der Waals surface area contributed by atoms with Crippen molar-refractivity contribution in [1.29, 1.82) is 0 Å². The van der Waals surface area contributed by atoms with Gasteiger partial charge in [0, 0.05) is 32.1 Å². The summed E-state index contributed by atoms with van der Waals surface area (Å²) < 4.78 is 22.8. The van der Waals surface area contributed by atoms with Gasteiger partial charge in [-0.3, -0.25) is 0 Å². The Hall–Kier alpha value is -1.46. The van der Waals surface area contributed by atoms with Crippen LogP contribution in [0.5, 0.6) is 11.5 Å². The minimum Gasteiger partial charge on any atom is -0.497 e. The topological polar surface area (TPSA) is 62.9 Å². The molecule has 1 spiro atoms. The van der Waals surface area contributed by atoms with Crippen molar-refractivity contribution in [1.82, 2.24) is 0 Å². The van der Waals surface area contributed by atoms with E-state index < -0.39 is 0 Å². The maximum absolute atomic E-state index is 6.13. The van der Waals surface area contributed by atoms with Gasteiger partial charge in [0.2, 0.25) is 0 Å². The summed E-state index contributed by atoms with van der Waals surface area (Å²) in [6.45, 7) is 2.27. The predicted octanol–water partition coefficient (Wildman–Crippen LogP) is 2.38. The summed E-state index contributed by atoms with van der Waals surface area (Å²) in [7, 11) is 1.64. The Morgan fingerprint density at radius 1 is 1.24 bits per heavy atom. The van der Waals surface area contributed by atoms with Crippen molar-refractivity contribution >= 4 is 5.69 Å². The van der Waals surface area contributed by atoms with Crippen LogP contribution in [-0.4, -0.2) is 38.6 Å². The van der Waals surface area contributed by atoms with Crippen molar-refractivity contribution < 1.29 is 18.9 Å². The number of methoxy groups -OCH3 is 1. The van der Waals surface area contributed by atoms with E-state index in [0.29, 0.717) is 11.4 Å². The molecule has 2 aliphatic heterocycles. The molecule has 0 bridgehead atoms. The van der Waals surface area contributed by atoms with Crippen LogP contribution in [-0.2, 0) is 9.47 Å². The van der Waals surface area contributed by atoms with Gasteiger partial charge in [0.1, 0.15) is 17.6 Å². The van der Waals surface area contributed by atoms with E-state index in [2.05, 4.69) is 0 Å². The van der Waals surface area contributed by atoms with E-state index in [1.54, 1.807) is 7.11 Å². The molecule has 2 N–H and O–H groups in total. The van der Waals surface area contributed by atoms with Gasteiger partial charge in [0.05, 0.1) is 25.0 Å². The molecule has 2 saturated heterocycles. The molecule has 116 valence electrons. The highest BCUT2D eigenvalue weighted by atomic mass is 16.5. The maximum atomic E-state index is 6.13. The molecule has 0 saturated carbocycles. The predicted molar refractivity (Wildman–Crippen MR) is 79.8 cm³/mol. The van der Waals surface area contributed by atoms with E-state index in [4.69, 9.17) is 24.7 Å². The van der Waals surface area contributed by atoms with E-state index in [-0.39, 0.29) is 11.7 Å². The highest BCUT2D eigenvalue weighted by molar-refractivity contribution is 5.55. The minimum atomic E-state index is -0.0746. The van der Waals surface area contributed by atoms with Crippen LogP contribution in [0, 0.1) is 0 Å². The van der Waals surface area contributed by atoms with Gasteiger partial charge in [-0.15, -0.1) is 0 Å². The third-order valence-corrected chi connectivity index (χ3v) is 4.37. The van der Waals surface area contributed by atoms with Gasteiger partial charge in [0.15, 0.2) is 0 Å². The molecule has 1 unspecified atom stereocenters. The summed E-state index contributed by atoms with van der Waals surface area (Å²) in [4.78, 5) is 0. The first kappa shape index (κ1) is 14.5. The van der Waals surface area contributed by atoms with Crippen molar-refractivity contribution in [3.05, 3.63) is 18.2 Å². The Morgan fingerprint density at radius 2 is 2.05 bits per heavy atom. The lowest BCUT2D eigenvalue weighted by atomic mass is 9.85. The quantitative estimate of drug-likeness (QED) is 0.867. The van der Waals surface area contributed by atoms with Gasteiger partial charge >= 0.3 is 0 Å². The highest BCUT2D eigenvalue weighted by Crippen LogP contribution is 2.37. The molecule has 21 heavy (non-hydrogen) atoms. The normalized spacial score (nSPS) is 24.7. The molecule has 0 amide bonds. The van der Waals surface area contributed by atoms with Gasteiger partial charge < -0.3 is 24.7 Å². The molecule has 1 aromatic carbocycles.